The lowest BCUT2D eigenvalue weighted by Crippen LogP contribution is -2.42. The summed E-state index contributed by atoms with van der Waals surface area (Å²) in [6.07, 6.45) is -0.964. The highest BCUT2D eigenvalue weighted by Gasteiger charge is 2.33. The number of aliphatic hydroxyl groups is 1. The predicted molar refractivity (Wildman–Crippen MR) is 142 cm³/mol. The molecule has 0 unspecified atom stereocenters. The number of carbonyl (C=O) groups excluding carboxylic acids is 1. The number of sulfonamides is 1. The predicted octanol–water partition coefficient (Wildman–Crippen LogP) is 3.80. The van der Waals surface area contributed by atoms with Crippen molar-refractivity contribution in [2.75, 3.05) is 33.4 Å². The highest BCUT2D eigenvalue weighted by atomic mass is 32.2. The van der Waals surface area contributed by atoms with E-state index in [4.69, 9.17) is 14.2 Å². The van der Waals surface area contributed by atoms with Gasteiger partial charge >= 0.3 is 6.18 Å². The van der Waals surface area contributed by atoms with Crippen molar-refractivity contribution in [1.82, 2.24) is 9.62 Å². The number of amides is 1. The van der Waals surface area contributed by atoms with Crippen molar-refractivity contribution in [2.24, 2.45) is 0 Å². The molecule has 2 aromatic rings. The fourth-order valence-electron chi connectivity index (χ4n) is 4.53. The number of methoxy groups -OCH3 is 1. The zero-order valence-corrected chi connectivity index (χ0v) is 23.3. The highest BCUT2D eigenvalue weighted by Crippen LogP contribution is 2.35. The van der Waals surface area contributed by atoms with Crippen LogP contribution in [0.5, 0.6) is 5.75 Å². The lowest BCUT2D eigenvalue weighted by atomic mass is 9.91. The van der Waals surface area contributed by atoms with E-state index in [0.29, 0.717) is 11.3 Å². The molecule has 224 valence electrons. The van der Waals surface area contributed by atoms with Gasteiger partial charge in [0.25, 0.3) is 5.91 Å². The Morgan fingerprint density at radius 2 is 1.78 bits per heavy atom. The van der Waals surface area contributed by atoms with Gasteiger partial charge in [0.2, 0.25) is 16.3 Å². The maximum absolute atomic E-state index is 13.2. The van der Waals surface area contributed by atoms with E-state index < -0.39 is 46.5 Å². The molecule has 1 aliphatic heterocycles. The van der Waals surface area contributed by atoms with Gasteiger partial charge in [-0.15, -0.1) is 0 Å². The Bertz CT molecular complexity index is 1310. The Hall–Kier alpha value is -3.13. The van der Waals surface area contributed by atoms with Crippen LogP contribution in [0.3, 0.4) is 0 Å². The molecule has 9 nitrogen and oxygen atoms in total. The summed E-state index contributed by atoms with van der Waals surface area (Å²) < 4.78 is 83.3. The molecule has 13 heteroatoms. The third kappa shape index (κ3) is 7.79. The monoisotopic (exact) mass is 598 g/mol. The summed E-state index contributed by atoms with van der Waals surface area (Å²) in [4.78, 5) is 12.9. The van der Waals surface area contributed by atoms with E-state index in [-0.39, 0.29) is 42.8 Å². The van der Waals surface area contributed by atoms with Crippen molar-refractivity contribution < 1.29 is 45.7 Å². The van der Waals surface area contributed by atoms with Crippen LogP contribution in [0.15, 0.2) is 65.3 Å². The molecule has 1 aliphatic carbocycles. The molecule has 0 radical (unpaired) electrons. The maximum atomic E-state index is 13.2. The topological polar surface area (TPSA) is 114 Å². The first kappa shape index (κ1) is 30.8. The normalized spacial score (nSPS) is 19.7. The lowest BCUT2D eigenvalue weighted by Gasteiger charge is -2.32. The molecular formula is C28H33F3N2O7S. The number of hydrogen-bond acceptors (Lipinski definition) is 7. The number of nitrogens with one attached hydrogen (secondary N) is 1. The minimum Gasteiger partial charge on any atom is -0.497 e. The van der Waals surface area contributed by atoms with E-state index in [0.717, 1.165) is 35.7 Å². The van der Waals surface area contributed by atoms with Crippen LogP contribution < -0.4 is 10.1 Å². The fourth-order valence-corrected chi connectivity index (χ4v) is 5.94. The van der Waals surface area contributed by atoms with E-state index in [1.807, 2.05) is 0 Å². The average Bonchev–Trinajstić information content (AvgIpc) is 2.93. The summed E-state index contributed by atoms with van der Waals surface area (Å²) in [6.45, 7) is -0.837. The number of alkyl halides is 3. The standard InChI is InChI=1S/C28H33F3N2O7S/c1-38-23-9-11-24(12-10-23)41(36,37)33(13-15-34)14-16-39-26-18-20(19-5-7-21(8-6-19)28(29,30)31)17-25(40-26)27(35)32-22-3-2-4-22/h5-12,17,20,22,26,34H,2-4,13-16,18H2,1H3,(H,32,35)/t20-,26+/m0/s1. The van der Waals surface area contributed by atoms with Crippen LogP contribution in [0.2, 0.25) is 0 Å². The van der Waals surface area contributed by atoms with Gasteiger partial charge < -0.3 is 24.6 Å². The lowest BCUT2D eigenvalue weighted by molar-refractivity contribution is -0.147. The smallest absolute Gasteiger partial charge is 0.416 e. The van der Waals surface area contributed by atoms with Gasteiger partial charge in [0.1, 0.15) is 5.75 Å². The third-order valence-corrected chi connectivity index (χ3v) is 8.99. The van der Waals surface area contributed by atoms with Gasteiger partial charge in [-0.3, -0.25) is 4.79 Å². The molecule has 2 aromatic carbocycles. The minimum absolute atomic E-state index is 0.00360. The second-order valence-corrected chi connectivity index (χ2v) is 11.8. The molecule has 41 heavy (non-hydrogen) atoms. The molecular weight excluding hydrogens is 565 g/mol. The van der Waals surface area contributed by atoms with Crippen LogP contribution in [0.4, 0.5) is 13.2 Å². The van der Waals surface area contributed by atoms with Crippen molar-refractivity contribution in [3.8, 4) is 5.75 Å². The van der Waals surface area contributed by atoms with E-state index in [2.05, 4.69) is 5.32 Å². The number of allylic oxidation sites excluding steroid dienone is 1. The second kappa shape index (κ2) is 13.2. The number of benzene rings is 2. The Kier molecular flexibility index (Phi) is 9.95. The molecule has 2 aliphatic rings. The Labute approximate surface area is 236 Å². The quantitative estimate of drug-likeness (QED) is 0.382. The number of hydrogen-bond donors (Lipinski definition) is 2. The van der Waals surface area contributed by atoms with Crippen LogP contribution in [-0.4, -0.2) is 69.5 Å². The summed E-state index contributed by atoms with van der Waals surface area (Å²) in [5.74, 6) is -0.432. The van der Waals surface area contributed by atoms with Crippen LogP contribution in [-0.2, 0) is 30.5 Å². The number of carbonyl (C=O) groups is 1. The van der Waals surface area contributed by atoms with Crippen LogP contribution in [0, 0.1) is 0 Å². The van der Waals surface area contributed by atoms with Gasteiger partial charge in [0.15, 0.2) is 5.76 Å². The molecule has 0 bridgehead atoms. The number of nitrogens with zero attached hydrogens (tertiary/aromatic N) is 1. The number of rotatable bonds is 12. The summed E-state index contributed by atoms with van der Waals surface area (Å²) in [6, 6.07) is 10.6. The van der Waals surface area contributed by atoms with Gasteiger partial charge in [-0.05, 0) is 67.3 Å². The first-order chi connectivity index (χ1) is 19.5. The Morgan fingerprint density at radius 3 is 2.34 bits per heavy atom. The molecule has 1 heterocycles. The number of ether oxygens (including phenoxy) is 3. The van der Waals surface area contributed by atoms with Crippen molar-refractivity contribution in [3.63, 3.8) is 0 Å². The maximum Gasteiger partial charge on any atom is 0.416 e. The van der Waals surface area contributed by atoms with Gasteiger partial charge in [-0.2, -0.15) is 17.5 Å². The zero-order valence-electron chi connectivity index (χ0n) is 22.5. The van der Waals surface area contributed by atoms with Crippen molar-refractivity contribution in [2.45, 2.75) is 55.0 Å². The molecule has 0 saturated heterocycles. The molecule has 2 N–H and O–H groups in total. The van der Waals surface area contributed by atoms with E-state index in [9.17, 15) is 31.5 Å². The number of aliphatic hydroxyl groups excluding tert-OH is 1. The molecule has 2 atom stereocenters. The SMILES string of the molecule is COc1ccc(S(=O)(=O)N(CCO)CCO[C@H]2C[C@@H](c3ccc(C(F)(F)F)cc3)C=C(C(=O)NC3CCC3)O2)cc1. The highest BCUT2D eigenvalue weighted by molar-refractivity contribution is 7.89. The summed E-state index contributed by atoms with van der Waals surface area (Å²) in [7, 11) is -2.50. The average molecular weight is 599 g/mol. The zero-order chi connectivity index (χ0) is 29.6. The van der Waals surface area contributed by atoms with E-state index in [1.54, 1.807) is 6.08 Å². The van der Waals surface area contributed by atoms with Crippen LogP contribution in [0.1, 0.15) is 42.7 Å². The van der Waals surface area contributed by atoms with Gasteiger partial charge in [-0.1, -0.05) is 12.1 Å². The molecule has 1 fully saturated rings. The second-order valence-electron chi connectivity index (χ2n) is 9.82. The minimum atomic E-state index is -4.48. The Balaban J connectivity index is 1.46. The first-order valence-electron chi connectivity index (χ1n) is 13.2. The largest absolute Gasteiger partial charge is 0.497 e. The molecule has 0 aromatic heterocycles. The van der Waals surface area contributed by atoms with Crippen LogP contribution in [0.25, 0.3) is 0 Å². The van der Waals surface area contributed by atoms with Gasteiger partial charge in [-0.25, -0.2) is 8.42 Å². The van der Waals surface area contributed by atoms with Crippen molar-refractivity contribution in [3.05, 3.63) is 71.5 Å². The molecule has 4 rings (SSSR count). The summed E-state index contributed by atoms with van der Waals surface area (Å²) in [5.41, 5.74) is -0.233. The summed E-state index contributed by atoms with van der Waals surface area (Å²) in [5, 5.41) is 12.4. The van der Waals surface area contributed by atoms with Gasteiger partial charge in [0.05, 0.1) is 30.8 Å². The fraction of sp³-hybridized carbons (Fsp3) is 0.464. The number of halogens is 3. The Morgan fingerprint density at radius 1 is 1.10 bits per heavy atom. The molecule has 1 saturated carbocycles. The molecule has 1 amide bonds. The first-order valence-corrected chi connectivity index (χ1v) is 14.7. The van der Waals surface area contributed by atoms with Crippen molar-refractivity contribution >= 4 is 15.9 Å². The van der Waals surface area contributed by atoms with Crippen molar-refractivity contribution in [1.29, 1.82) is 0 Å². The molecule has 0 spiro atoms. The van der Waals surface area contributed by atoms with E-state index in [1.165, 1.54) is 43.5 Å². The van der Waals surface area contributed by atoms with Gasteiger partial charge in [0, 0.05) is 31.5 Å². The van der Waals surface area contributed by atoms with E-state index >= 15 is 0 Å². The summed E-state index contributed by atoms with van der Waals surface area (Å²) >= 11 is 0. The third-order valence-electron chi connectivity index (χ3n) is 7.08. The van der Waals surface area contributed by atoms with Crippen LogP contribution >= 0.6 is 0 Å².